The second-order valence-corrected chi connectivity index (χ2v) is 4.03. The van der Waals surface area contributed by atoms with Crippen LogP contribution in [0.4, 0.5) is 5.82 Å². The SMILES string of the molecule is CCN(CCCO)c1nc(C)nc(Cl)c1C. The van der Waals surface area contributed by atoms with Crippen molar-refractivity contribution in [1.82, 2.24) is 9.97 Å². The second-order valence-electron chi connectivity index (χ2n) is 3.67. The lowest BCUT2D eigenvalue weighted by atomic mass is 10.3. The number of halogens is 1. The molecule has 0 bridgehead atoms. The Bertz CT molecular complexity index is 357. The summed E-state index contributed by atoms with van der Waals surface area (Å²) in [5.74, 6) is 1.54. The fourth-order valence-electron chi connectivity index (χ4n) is 1.56. The highest BCUT2D eigenvalue weighted by molar-refractivity contribution is 6.30. The molecule has 0 unspecified atom stereocenters. The zero-order valence-corrected chi connectivity index (χ0v) is 10.8. The smallest absolute Gasteiger partial charge is 0.137 e. The highest BCUT2D eigenvalue weighted by atomic mass is 35.5. The van der Waals surface area contributed by atoms with Crippen molar-refractivity contribution < 1.29 is 5.11 Å². The van der Waals surface area contributed by atoms with Crippen LogP contribution in [-0.2, 0) is 0 Å². The number of aliphatic hydroxyl groups excluding tert-OH is 1. The van der Waals surface area contributed by atoms with Crippen LogP contribution in [-0.4, -0.2) is 34.8 Å². The molecule has 0 aliphatic carbocycles. The second kappa shape index (κ2) is 6.01. The van der Waals surface area contributed by atoms with Crippen LogP contribution in [0.3, 0.4) is 0 Å². The molecule has 0 amide bonds. The first-order valence-corrected chi connectivity index (χ1v) is 5.84. The van der Waals surface area contributed by atoms with Gasteiger partial charge < -0.3 is 10.0 Å². The van der Waals surface area contributed by atoms with Crippen molar-refractivity contribution in [3.05, 3.63) is 16.5 Å². The maximum Gasteiger partial charge on any atom is 0.137 e. The fourth-order valence-corrected chi connectivity index (χ4v) is 1.77. The minimum atomic E-state index is 0.188. The van der Waals surface area contributed by atoms with E-state index in [1.165, 1.54) is 0 Å². The van der Waals surface area contributed by atoms with Crippen LogP contribution in [0.1, 0.15) is 24.7 Å². The predicted molar refractivity (Wildman–Crippen MR) is 66.1 cm³/mol. The third-order valence-corrected chi connectivity index (χ3v) is 2.81. The summed E-state index contributed by atoms with van der Waals surface area (Å²) in [6.07, 6.45) is 0.730. The summed E-state index contributed by atoms with van der Waals surface area (Å²) in [7, 11) is 0. The number of aliphatic hydroxyl groups is 1. The van der Waals surface area contributed by atoms with Gasteiger partial charge in [0, 0.05) is 25.3 Å². The molecule has 16 heavy (non-hydrogen) atoms. The van der Waals surface area contributed by atoms with Crippen molar-refractivity contribution in [3.8, 4) is 0 Å². The Morgan fingerprint density at radius 2 is 2.00 bits per heavy atom. The van der Waals surface area contributed by atoms with Crippen molar-refractivity contribution in [2.45, 2.75) is 27.2 Å². The van der Waals surface area contributed by atoms with Crippen LogP contribution in [0.15, 0.2) is 0 Å². The molecule has 0 atom stereocenters. The van der Waals surface area contributed by atoms with Crippen molar-refractivity contribution in [1.29, 1.82) is 0 Å². The molecule has 90 valence electrons. The van der Waals surface area contributed by atoms with E-state index in [4.69, 9.17) is 16.7 Å². The van der Waals surface area contributed by atoms with Gasteiger partial charge in [-0.05, 0) is 27.2 Å². The number of aromatic nitrogens is 2. The molecule has 0 aromatic carbocycles. The number of rotatable bonds is 5. The lowest BCUT2D eigenvalue weighted by Crippen LogP contribution is -2.27. The fraction of sp³-hybridized carbons (Fsp3) is 0.636. The molecule has 1 rings (SSSR count). The highest BCUT2D eigenvalue weighted by Gasteiger charge is 2.12. The quantitative estimate of drug-likeness (QED) is 0.804. The standard InChI is InChI=1S/C11H18ClN3O/c1-4-15(6-5-7-16)11-8(2)10(12)13-9(3)14-11/h16H,4-7H2,1-3H3. The van der Waals surface area contributed by atoms with Gasteiger partial charge in [0.15, 0.2) is 0 Å². The van der Waals surface area contributed by atoms with E-state index in [9.17, 15) is 0 Å². The molecule has 1 aromatic heterocycles. The van der Waals surface area contributed by atoms with Gasteiger partial charge in [-0.1, -0.05) is 11.6 Å². The topological polar surface area (TPSA) is 49.2 Å². The molecular formula is C11H18ClN3O. The van der Waals surface area contributed by atoms with Gasteiger partial charge in [-0.3, -0.25) is 0 Å². The first kappa shape index (κ1) is 13.2. The zero-order chi connectivity index (χ0) is 12.1. The van der Waals surface area contributed by atoms with Gasteiger partial charge >= 0.3 is 0 Å². The molecule has 1 heterocycles. The van der Waals surface area contributed by atoms with Gasteiger partial charge in [0.1, 0.15) is 16.8 Å². The van der Waals surface area contributed by atoms with Gasteiger partial charge in [0.05, 0.1) is 0 Å². The predicted octanol–water partition coefficient (Wildman–Crippen LogP) is 1.96. The number of nitrogens with zero attached hydrogens (tertiary/aromatic N) is 3. The Hall–Kier alpha value is -0.870. The lowest BCUT2D eigenvalue weighted by Gasteiger charge is -2.23. The number of aryl methyl sites for hydroxylation is 1. The summed E-state index contributed by atoms with van der Waals surface area (Å²) in [5.41, 5.74) is 0.895. The molecule has 1 aromatic rings. The van der Waals surface area contributed by atoms with E-state index in [-0.39, 0.29) is 6.61 Å². The maximum atomic E-state index is 8.85. The molecule has 0 spiro atoms. The van der Waals surface area contributed by atoms with Crippen LogP contribution in [0, 0.1) is 13.8 Å². The largest absolute Gasteiger partial charge is 0.396 e. The summed E-state index contributed by atoms with van der Waals surface area (Å²) in [6.45, 7) is 7.61. The molecule has 0 radical (unpaired) electrons. The summed E-state index contributed by atoms with van der Waals surface area (Å²) >= 11 is 6.03. The Morgan fingerprint density at radius 1 is 1.31 bits per heavy atom. The van der Waals surface area contributed by atoms with Crippen molar-refractivity contribution >= 4 is 17.4 Å². The molecular weight excluding hydrogens is 226 g/mol. The van der Waals surface area contributed by atoms with E-state index < -0.39 is 0 Å². The monoisotopic (exact) mass is 243 g/mol. The average Bonchev–Trinajstić information content (AvgIpc) is 2.25. The van der Waals surface area contributed by atoms with Gasteiger partial charge in [0.25, 0.3) is 0 Å². The molecule has 0 aliphatic rings. The highest BCUT2D eigenvalue weighted by Crippen LogP contribution is 2.23. The van der Waals surface area contributed by atoms with E-state index in [2.05, 4.69) is 21.8 Å². The normalized spacial score (nSPS) is 10.6. The number of anilines is 1. The van der Waals surface area contributed by atoms with E-state index >= 15 is 0 Å². The Balaban J connectivity index is 2.99. The van der Waals surface area contributed by atoms with Crippen LogP contribution >= 0.6 is 11.6 Å². The molecule has 4 nitrogen and oxygen atoms in total. The lowest BCUT2D eigenvalue weighted by molar-refractivity contribution is 0.289. The molecule has 1 N–H and O–H groups in total. The third-order valence-electron chi connectivity index (χ3n) is 2.44. The van der Waals surface area contributed by atoms with E-state index in [0.717, 1.165) is 30.9 Å². The van der Waals surface area contributed by atoms with E-state index in [1.807, 2.05) is 13.8 Å². The number of hydrogen-bond donors (Lipinski definition) is 1. The van der Waals surface area contributed by atoms with Crippen molar-refractivity contribution in [3.63, 3.8) is 0 Å². The van der Waals surface area contributed by atoms with Crippen LogP contribution in [0.5, 0.6) is 0 Å². The molecule has 0 saturated heterocycles. The summed E-state index contributed by atoms with van der Waals surface area (Å²) in [6, 6.07) is 0. The molecule has 0 saturated carbocycles. The minimum Gasteiger partial charge on any atom is -0.396 e. The number of hydrogen-bond acceptors (Lipinski definition) is 4. The van der Waals surface area contributed by atoms with Crippen LogP contribution in [0.2, 0.25) is 5.15 Å². The first-order chi connectivity index (χ1) is 7.60. The Morgan fingerprint density at radius 3 is 2.56 bits per heavy atom. The van der Waals surface area contributed by atoms with E-state index in [1.54, 1.807) is 0 Å². The van der Waals surface area contributed by atoms with Gasteiger partial charge in [-0.15, -0.1) is 0 Å². The maximum absolute atomic E-state index is 8.85. The summed E-state index contributed by atoms with van der Waals surface area (Å²) in [5, 5.41) is 9.36. The zero-order valence-electron chi connectivity index (χ0n) is 10.00. The summed E-state index contributed by atoms with van der Waals surface area (Å²) in [4.78, 5) is 10.6. The van der Waals surface area contributed by atoms with Crippen molar-refractivity contribution in [2.24, 2.45) is 0 Å². The third kappa shape index (κ3) is 3.06. The molecule has 0 fully saturated rings. The first-order valence-electron chi connectivity index (χ1n) is 5.46. The molecule has 5 heteroatoms. The Labute approximate surface area is 101 Å². The Kier molecular flexibility index (Phi) is 4.96. The van der Waals surface area contributed by atoms with Crippen molar-refractivity contribution in [2.75, 3.05) is 24.6 Å². The van der Waals surface area contributed by atoms with Gasteiger partial charge in [-0.25, -0.2) is 9.97 Å². The van der Waals surface area contributed by atoms with E-state index in [0.29, 0.717) is 11.0 Å². The molecule has 0 aliphatic heterocycles. The average molecular weight is 244 g/mol. The van der Waals surface area contributed by atoms with Crippen LogP contribution in [0.25, 0.3) is 0 Å². The van der Waals surface area contributed by atoms with Gasteiger partial charge in [0.2, 0.25) is 0 Å². The van der Waals surface area contributed by atoms with Crippen LogP contribution < -0.4 is 4.90 Å². The minimum absolute atomic E-state index is 0.188. The van der Waals surface area contributed by atoms with Gasteiger partial charge in [-0.2, -0.15) is 0 Å². The summed E-state index contributed by atoms with van der Waals surface area (Å²) < 4.78 is 0.